The molecule has 2 heterocycles. The van der Waals surface area contributed by atoms with E-state index < -0.39 is 0 Å². The van der Waals surface area contributed by atoms with Crippen molar-refractivity contribution < 1.29 is 0 Å². The molecule has 1 aromatic heterocycles. The maximum Gasteiger partial charge on any atom is 0.191 e. The lowest BCUT2D eigenvalue weighted by Crippen LogP contribution is -2.45. The Bertz CT molecular complexity index is 829. The standard InChI is InChI=1S/C20H30ClN7S.HI/c1-15-25-26-19(27(15)2)13-23-20(22-9-5-11-29-3)24-17-8-10-28(14-17)18-7-4-6-16(21)12-18;/h4,6-7,12,17H,5,8-11,13-14H2,1-3H3,(H2,22,23,24);1H. The van der Waals surface area contributed by atoms with E-state index in [1.165, 1.54) is 5.69 Å². The molecule has 7 nitrogen and oxygen atoms in total. The van der Waals surface area contributed by atoms with E-state index in [1.54, 1.807) is 0 Å². The van der Waals surface area contributed by atoms with E-state index in [2.05, 4.69) is 38.1 Å². The molecular weight excluding hydrogens is 533 g/mol. The summed E-state index contributed by atoms with van der Waals surface area (Å²) in [6.07, 6.45) is 4.29. The first-order valence-electron chi connectivity index (χ1n) is 9.96. The molecule has 3 rings (SSSR count). The van der Waals surface area contributed by atoms with Gasteiger partial charge in [-0.25, -0.2) is 4.99 Å². The Morgan fingerprint density at radius 2 is 2.20 bits per heavy atom. The average Bonchev–Trinajstić information content (AvgIpc) is 3.30. The van der Waals surface area contributed by atoms with Crippen LogP contribution >= 0.6 is 47.3 Å². The predicted molar refractivity (Wildman–Crippen MR) is 139 cm³/mol. The van der Waals surface area contributed by atoms with E-state index in [1.807, 2.05) is 48.5 Å². The first-order valence-corrected chi connectivity index (χ1v) is 11.7. The van der Waals surface area contributed by atoms with Crippen LogP contribution in [0.15, 0.2) is 29.3 Å². The van der Waals surface area contributed by atoms with Gasteiger partial charge in [0.05, 0.1) is 0 Å². The van der Waals surface area contributed by atoms with Crippen molar-refractivity contribution in [3.63, 3.8) is 0 Å². The number of rotatable bonds is 8. The van der Waals surface area contributed by atoms with Gasteiger partial charge in [0.2, 0.25) is 0 Å². The highest BCUT2D eigenvalue weighted by molar-refractivity contribution is 14.0. The predicted octanol–water partition coefficient (Wildman–Crippen LogP) is 3.46. The summed E-state index contributed by atoms with van der Waals surface area (Å²) in [5, 5.41) is 16.2. The summed E-state index contributed by atoms with van der Waals surface area (Å²) in [6.45, 7) is 5.27. The number of thioether (sulfide) groups is 1. The Kier molecular flexibility index (Phi) is 10.5. The van der Waals surface area contributed by atoms with E-state index in [9.17, 15) is 0 Å². The molecule has 30 heavy (non-hydrogen) atoms. The van der Waals surface area contributed by atoms with Gasteiger partial charge in [-0.2, -0.15) is 11.8 Å². The van der Waals surface area contributed by atoms with Gasteiger partial charge in [-0.1, -0.05) is 17.7 Å². The number of hydrogen-bond donors (Lipinski definition) is 2. The second kappa shape index (κ2) is 12.6. The largest absolute Gasteiger partial charge is 0.369 e. The highest BCUT2D eigenvalue weighted by Crippen LogP contribution is 2.23. The Balaban J connectivity index is 0.00000320. The zero-order valence-electron chi connectivity index (χ0n) is 17.8. The van der Waals surface area contributed by atoms with Crippen LogP contribution < -0.4 is 15.5 Å². The minimum Gasteiger partial charge on any atom is -0.369 e. The number of aryl methyl sites for hydroxylation is 1. The quantitative estimate of drug-likeness (QED) is 0.222. The summed E-state index contributed by atoms with van der Waals surface area (Å²) in [5.74, 6) is 3.73. The van der Waals surface area contributed by atoms with Gasteiger partial charge in [-0.05, 0) is 50.0 Å². The fourth-order valence-electron chi connectivity index (χ4n) is 3.29. The number of halogens is 2. The maximum atomic E-state index is 6.15. The second-order valence-electron chi connectivity index (χ2n) is 7.22. The van der Waals surface area contributed by atoms with Crippen LogP contribution in [0, 0.1) is 6.92 Å². The molecule has 1 fully saturated rings. The molecule has 1 aliphatic heterocycles. The third-order valence-electron chi connectivity index (χ3n) is 5.08. The molecule has 0 bridgehead atoms. The van der Waals surface area contributed by atoms with Crippen molar-refractivity contribution in [2.75, 3.05) is 36.5 Å². The first-order chi connectivity index (χ1) is 14.1. The molecular formula is C20H31ClIN7S. The fraction of sp³-hybridized carbons (Fsp3) is 0.550. The van der Waals surface area contributed by atoms with Crippen LogP contribution in [-0.2, 0) is 13.6 Å². The summed E-state index contributed by atoms with van der Waals surface area (Å²) >= 11 is 8.02. The molecule has 2 N–H and O–H groups in total. The molecule has 2 aromatic rings. The van der Waals surface area contributed by atoms with Crippen molar-refractivity contribution in [1.29, 1.82) is 0 Å². The summed E-state index contributed by atoms with van der Waals surface area (Å²) in [4.78, 5) is 7.13. The van der Waals surface area contributed by atoms with E-state index in [0.29, 0.717) is 12.6 Å². The number of guanidine groups is 1. The highest BCUT2D eigenvalue weighted by Gasteiger charge is 2.23. The third-order valence-corrected chi connectivity index (χ3v) is 6.01. The van der Waals surface area contributed by atoms with Crippen LogP contribution in [0.1, 0.15) is 24.5 Å². The van der Waals surface area contributed by atoms with Gasteiger partial charge in [-0.3, -0.25) is 0 Å². The van der Waals surface area contributed by atoms with Gasteiger partial charge in [-0.15, -0.1) is 34.2 Å². The van der Waals surface area contributed by atoms with Crippen LogP contribution in [0.4, 0.5) is 5.69 Å². The maximum absolute atomic E-state index is 6.15. The lowest BCUT2D eigenvalue weighted by Gasteiger charge is -2.21. The molecule has 0 amide bonds. The normalized spacial score (nSPS) is 16.5. The van der Waals surface area contributed by atoms with Gasteiger partial charge in [0.15, 0.2) is 11.8 Å². The molecule has 166 valence electrons. The number of anilines is 1. The summed E-state index contributed by atoms with van der Waals surface area (Å²) in [5.41, 5.74) is 1.17. The van der Waals surface area contributed by atoms with Gasteiger partial charge >= 0.3 is 0 Å². The molecule has 1 aliphatic rings. The van der Waals surface area contributed by atoms with E-state index in [4.69, 9.17) is 16.6 Å². The Hall–Kier alpha value is -1.20. The first kappa shape index (κ1) is 25.1. The third kappa shape index (κ3) is 7.19. The topological polar surface area (TPSA) is 70.4 Å². The number of aliphatic imine (C=N–C) groups is 1. The van der Waals surface area contributed by atoms with E-state index in [0.717, 1.165) is 60.9 Å². The van der Waals surface area contributed by atoms with Gasteiger partial charge in [0.25, 0.3) is 0 Å². The van der Waals surface area contributed by atoms with Crippen molar-refractivity contribution in [3.8, 4) is 0 Å². The summed E-state index contributed by atoms with van der Waals surface area (Å²) in [6, 6.07) is 8.38. The Labute approximate surface area is 205 Å². The van der Waals surface area contributed by atoms with Crippen molar-refractivity contribution in [1.82, 2.24) is 25.4 Å². The molecule has 0 aliphatic carbocycles. The monoisotopic (exact) mass is 563 g/mol. The van der Waals surface area contributed by atoms with Crippen LogP contribution in [0.5, 0.6) is 0 Å². The minimum atomic E-state index is 0. The van der Waals surface area contributed by atoms with Crippen LogP contribution in [0.3, 0.4) is 0 Å². The van der Waals surface area contributed by atoms with Crippen molar-refractivity contribution in [2.45, 2.75) is 32.4 Å². The number of aromatic nitrogens is 3. The minimum absolute atomic E-state index is 0. The van der Waals surface area contributed by atoms with Crippen molar-refractivity contribution in [2.24, 2.45) is 12.0 Å². The summed E-state index contributed by atoms with van der Waals surface area (Å²) < 4.78 is 1.98. The smallest absolute Gasteiger partial charge is 0.191 e. The fourth-order valence-corrected chi connectivity index (χ4v) is 3.91. The lowest BCUT2D eigenvalue weighted by molar-refractivity contribution is 0.642. The van der Waals surface area contributed by atoms with Crippen LogP contribution in [-0.4, -0.2) is 58.4 Å². The Morgan fingerprint density at radius 1 is 1.37 bits per heavy atom. The van der Waals surface area contributed by atoms with Crippen LogP contribution in [0.2, 0.25) is 5.02 Å². The number of benzene rings is 1. The van der Waals surface area contributed by atoms with Gasteiger partial charge in [0.1, 0.15) is 12.4 Å². The highest BCUT2D eigenvalue weighted by atomic mass is 127. The van der Waals surface area contributed by atoms with Crippen LogP contribution in [0.25, 0.3) is 0 Å². The molecule has 1 saturated heterocycles. The summed E-state index contributed by atoms with van der Waals surface area (Å²) in [7, 11) is 1.97. The molecule has 0 saturated carbocycles. The van der Waals surface area contributed by atoms with Crippen molar-refractivity contribution in [3.05, 3.63) is 40.9 Å². The lowest BCUT2D eigenvalue weighted by atomic mass is 10.2. The van der Waals surface area contributed by atoms with Gasteiger partial charge < -0.3 is 20.1 Å². The zero-order valence-corrected chi connectivity index (χ0v) is 21.7. The molecule has 1 unspecified atom stereocenters. The van der Waals surface area contributed by atoms with Gasteiger partial charge in [0, 0.05) is 43.4 Å². The molecule has 1 atom stereocenters. The van der Waals surface area contributed by atoms with E-state index >= 15 is 0 Å². The Morgan fingerprint density at radius 3 is 2.90 bits per heavy atom. The zero-order chi connectivity index (χ0) is 20.6. The second-order valence-corrected chi connectivity index (χ2v) is 8.64. The van der Waals surface area contributed by atoms with E-state index in [-0.39, 0.29) is 24.0 Å². The average molecular weight is 564 g/mol. The number of nitrogens with one attached hydrogen (secondary N) is 2. The molecule has 1 aromatic carbocycles. The number of nitrogens with zero attached hydrogens (tertiary/aromatic N) is 5. The number of hydrogen-bond acceptors (Lipinski definition) is 5. The SMILES string of the molecule is CSCCCNC(=NCc1nnc(C)n1C)NC1CCN(c2cccc(Cl)c2)C1.I. The van der Waals surface area contributed by atoms with Crippen molar-refractivity contribution >= 4 is 59.0 Å². The molecule has 10 heteroatoms. The molecule has 0 radical (unpaired) electrons. The molecule has 0 spiro atoms.